The Bertz CT molecular complexity index is 1100. The Morgan fingerprint density at radius 1 is 1.26 bits per heavy atom. The van der Waals surface area contributed by atoms with Gasteiger partial charge in [-0.25, -0.2) is 9.36 Å². The number of carbonyl (C=O) groups excluding carboxylic acids is 1. The van der Waals surface area contributed by atoms with Gasteiger partial charge in [-0.1, -0.05) is 13.8 Å². The summed E-state index contributed by atoms with van der Waals surface area (Å²) in [5.41, 5.74) is 8.39. The largest absolute Gasteiger partial charge is 0.378 e. The number of thiazole rings is 1. The Balaban J connectivity index is 1.49. The summed E-state index contributed by atoms with van der Waals surface area (Å²) in [6.07, 6.45) is 7.61. The molecule has 3 N–H and O–H groups in total. The van der Waals surface area contributed by atoms with Crippen LogP contribution in [-0.2, 0) is 6.54 Å². The highest BCUT2D eigenvalue weighted by Crippen LogP contribution is 2.35. The number of amides is 1. The van der Waals surface area contributed by atoms with Crippen LogP contribution in [0.3, 0.4) is 0 Å². The summed E-state index contributed by atoms with van der Waals surface area (Å²) in [4.78, 5) is 28.8. The maximum absolute atomic E-state index is 13.1. The average molecular weight is 458 g/mol. The maximum atomic E-state index is 13.1. The highest BCUT2D eigenvalue weighted by atomic mass is 32.1. The predicted octanol–water partition coefficient (Wildman–Crippen LogP) is 4.32. The molecule has 0 aliphatic heterocycles. The zero-order valence-corrected chi connectivity index (χ0v) is 19.3. The van der Waals surface area contributed by atoms with Crippen molar-refractivity contribution in [2.24, 2.45) is 11.7 Å². The Labute approximate surface area is 189 Å². The number of nitrogens with two attached hydrogens (primary N) is 1. The first-order valence-corrected chi connectivity index (χ1v) is 12.3. The van der Waals surface area contributed by atoms with Crippen molar-refractivity contribution in [2.75, 3.05) is 5.32 Å². The van der Waals surface area contributed by atoms with E-state index < -0.39 is 5.91 Å². The number of pyridine rings is 1. The Morgan fingerprint density at radius 2 is 2.03 bits per heavy atom. The first-order valence-electron chi connectivity index (χ1n) is 10.6. The molecule has 1 saturated carbocycles. The molecule has 0 atom stereocenters. The van der Waals surface area contributed by atoms with Gasteiger partial charge < -0.3 is 15.6 Å². The molecule has 1 amide bonds. The van der Waals surface area contributed by atoms with Crippen LogP contribution >= 0.6 is 22.9 Å². The van der Waals surface area contributed by atoms with Crippen molar-refractivity contribution in [3.05, 3.63) is 50.3 Å². The fourth-order valence-electron chi connectivity index (χ4n) is 4.07. The Kier molecular flexibility index (Phi) is 6.52. The van der Waals surface area contributed by atoms with Gasteiger partial charge in [0, 0.05) is 52.8 Å². The third kappa shape index (κ3) is 5.04. The molecule has 7 nitrogen and oxygen atoms in total. The van der Waals surface area contributed by atoms with Gasteiger partial charge in [0.1, 0.15) is 11.4 Å². The fourth-order valence-corrected chi connectivity index (χ4v) is 5.59. The minimum Gasteiger partial charge on any atom is -0.378 e. The second-order valence-electron chi connectivity index (χ2n) is 8.54. The lowest BCUT2D eigenvalue weighted by molar-refractivity contribution is 0.0996. The molecule has 4 rings (SSSR count). The van der Waals surface area contributed by atoms with Crippen molar-refractivity contribution in [3.63, 3.8) is 0 Å². The minimum absolute atomic E-state index is 0.0220. The molecule has 0 spiro atoms. The fraction of sp³-hybridized carbons (Fsp3) is 0.455. The lowest BCUT2D eigenvalue weighted by atomic mass is 9.86. The lowest BCUT2D eigenvalue weighted by Crippen LogP contribution is -2.31. The molecular formula is C22H27N5O2S2. The molecule has 3 aromatic rings. The third-order valence-corrected chi connectivity index (χ3v) is 7.22. The first kappa shape index (κ1) is 21.7. The topological polar surface area (TPSA) is 103 Å². The molecule has 3 aromatic heterocycles. The van der Waals surface area contributed by atoms with Crippen molar-refractivity contribution in [1.82, 2.24) is 13.9 Å². The summed E-state index contributed by atoms with van der Waals surface area (Å²) in [5.74, 6) is 0.244. The van der Waals surface area contributed by atoms with Gasteiger partial charge >= 0.3 is 0 Å². The van der Waals surface area contributed by atoms with Crippen molar-refractivity contribution in [3.8, 4) is 11.1 Å². The molecule has 3 heterocycles. The van der Waals surface area contributed by atoms with Crippen molar-refractivity contribution >= 4 is 34.5 Å². The van der Waals surface area contributed by atoms with Crippen LogP contribution in [0.5, 0.6) is 0 Å². The molecule has 1 fully saturated rings. The molecule has 0 aromatic carbocycles. The normalized spacial score (nSPS) is 18.9. The van der Waals surface area contributed by atoms with E-state index in [0.717, 1.165) is 41.8 Å². The number of aromatic nitrogens is 3. The van der Waals surface area contributed by atoms with E-state index in [4.69, 9.17) is 5.73 Å². The van der Waals surface area contributed by atoms with Gasteiger partial charge in [-0.2, -0.15) is 0 Å². The zero-order chi connectivity index (χ0) is 22.0. The van der Waals surface area contributed by atoms with E-state index in [1.807, 2.05) is 28.4 Å². The number of nitrogens with one attached hydrogen (secondary N) is 1. The first-order chi connectivity index (χ1) is 14.9. The van der Waals surface area contributed by atoms with Crippen molar-refractivity contribution in [1.29, 1.82) is 0 Å². The van der Waals surface area contributed by atoms with Gasteiger partial charge in [0.2, 0.25) is 0 Å². The summed E-state index contributed by atoms with van der Waals surface area (Å²) in [6.45, 7) is 4.90. The van der Waals surface area contributed by atoms with Gasteiger partial charge in [-0.05, 0) is 49.2 Å². The van der Waals surface area contributed by atoms with Crippen molar-refractivity contribution < 1.29 is 4.79 Å². The number of rotatable bonds is 7. The summed E-state index contributed by atoms with van der Waals surface area (Å²) in [6, 6.07) is 2.19. The van der Waals surface area contributed by atoms with Crippen molar-refractivity contribution in [2.45, 2.75) is 58.0 Å². The molecule has 0 bridgehead atoms. The predicted molar refractivity (Wildman–Crippen MR) is 126 cm³/mol. The molecule has 164 valence electrons. The van der Waals surface area contributed by atoms with E-state index in [2.05, 4.69) is 28.5 Å². The number of nitrogens with zero attached hydrogens (tertiary/aromatic N) is 3. The van der Waals surface area contributed by atoms with E-state index in [1.165, 1.54) is 22.9 Å². The summed E-state index contributed by atoms with van der Waals surface area (Å²) in [7, 11) is 0. The van der Waals surface area contributed by atoms with Gasteiger partial charge in [-0.15, -0.1) is 11.3 Å². The highest BCUT2D eigenvalue weighted by molar-refractivity contribution is 7.09. The molecule has 0 saturated heterocycles. The molecule has 1 aliphatic rings. The van der Waals surface area contributed by atoms with E-state index in [-0.39, 0.29) is 11.6 Å². The van der Waals surface area contributed by atoms with Crippen LogP contribution in [0.25, 0.3) is 11.1 Å². The third-order valence-electron chi connectivity index (χ3n) is 5.62. The van der Waals surface area contributed by atoms with Gasteiger partial charge in [0.05, 0.1) is 5.01 Å². The van der Waals surface area contributed by atoms with Crippen LogP contribution in [0.1, 0.15) is 60.9 Å². The number of carbonyl (C=O) groups is 1. The van der Waals surface area contributed by atoms with Crippen LogP contribution in [0.15, 0.2) is 34.0 Å². The molecule has 1 aliphatic carbocycles. The van der Waals surface area contributed by atoms with Gasteiger partial charge in [0.15, 0.2) is 0 Å². The number of hydrogen-bond acceptors (Lipinski definition) is 7. The smallest absolute Gasteiger partial charge is 0.273 e. The summed E-state index contributed by atoms with van der Waals surface area (Å²) >= 11 is 2.92. The van der Waals surface area contributed by atoms with E-state index in [0.29, 0.717) is 29.8 Å². The van der Waals surface area contributed by atoms with E-state index >= 15 is 0 Å². The van der Waals surface area contributed by atoms with Gasteiger partial charge in [-0.3, -0.25) is 9.59 Å². The van der Waals surface area contributed by atoms with Crippen LogP contribution in [-0.4, -0.2) is 25.9 Å². The molecule has 0 unspecified atom stereocenters. The lowest BCUT2D eigenvalue weighted by Gasteiger charge is -2.29. The zero-order valence-electron chi connectivity index (χ0n) is 17.7. The quantitative estimate of drug-likeness (QED) is 0.550. The van der Waals surface area contributed by atoms with Gasteiger partial charge in [0.25, 0.3) is 11.5 Å². The van der Waals surface area contributed by atoms with E-state index in [9.17, 15) is 9.59 Å². The van der Waals surface area contributed by atoms with Crippen LogP contribution < -0.4 is 16.6 Å². The monoisotopic (exact) mass is 457 g/mol. The maximum Gasteiger partial charge on any atom is 0.273 e. The second kappa shape index (κ2) is 9.32. The standard InChI is InChI=1S/C22H27N5O2S2/c1-13(2)9-27-10-15(16-8-24-31-11-16)7-18(22(27)29)25-17-5-3-14(4-6-17)21-26-19(12-30-21)20(23)28/h7-8,10-14,17,25H,3-6,9H2,1-2H3,(H2,23,28)/t14-,17+. The summed E-state index contributed by atoms with van der Waals surface area (Å²) < 4.78 is 6.02. The molecular weight excluding hydrogens is 430 g/mol. The van der Waals surface area contributed by atoms with Crippen LogP contribution in [0.4, 0.5) is 5.69 Å². The molecule has 31 heavy (non-hydrogen) atoms. The number of hydrogen-bond donors (Lipinski definition) is 2. The Morgan fingerprint density at radius 3 is 2.65 bits per heavy atom. The summed E-state index contributed by atoms with van der Waals surface area (Å²) in [5, 5.41) is 8.25. The Hall–Kier alpha value is -2.52. The van der Waals surface area contributed by atoms with E-state index in [1.54, 1.807) is 5.38 Å². The molecule has 9 heteroatoms. The average Bonchev–Trinajstić information content (AvgIpc) is 3.43. The molecule has 0 radical (unpaired) electrons. The van der Waals surface area contributed by atoms with Crippen LogP contribution in [0, 0.1) is 5.92 Å². The SMILES string of the molecule is CC(C)Cn1cc(-c2cnsc2)cc(N[C@H]2CC[C@@H](c3nc(C(N)=O)cs3)CC2)c1=O. The number of primary amides is 1. The van der Waals surface area contributed by atoms with Crippen LogP contribution in [0.2, 0.25) is 0 Å². The second-order valence-corrected chi connectivity index (χ2v) is 10.1. The number of anilines is 1. The minimum atomic E-state index is -0.476. The highest BCUT2D eigenvalue weighted by Gasteiger charge is 2.26.